The average Bonchev–Trinajstić information content (AvgIpc) is 3.27. The Balaban J connectivity index is 1.86. The summed E-state index contributed by atoms with van der Waals surface area (Å²) >= 11 is 0. The van der Waals surface area contributed by atoms with Crippen molar-refractivity contribution in [3.63, 3.8) is 0 Å². The number of phenolic OH excluding ortho intramolecular Hbond substituents is 1. The van der Waals surface area contributed by atoms with Gasteiger partial charge in [0.2, 0.25) is 0 Å². The quantitative estimate of drug-likeness (QED) is 0.571. The molecule has 0 heterocycles. The molecule has 1 amide bonds. The Morgan fingerprint density at radius 2 is 2.13 bits per heavy atom. The largest absolute Gasteiger partial charge is 0.507 e. The van der Waals surface area contributed by atoms with Crippen LogP contribution in [0.1, 0.15) is 36.0 Å². The van der Waals surface area contributed by atoms with Crippen LogP contribution in [0.3, 0.4) is 0 Å². The second kappa shape index (κ2) is 5.22. The van der Waals surface area contributed by atoms with Gasteiger partial charge in [-0.05, 0) is 37.2 Å². The predicted octanol–water partition coefficient (Wildman–Crippen LogP) is 1.67. The van der Waals surface area contributed by atoms with E-state index in [1.807, 2.05) is 0 Å². The van der Waals surface area contributed by atoms with Crippen molar-refractivity contribution in [3.05, 3.63) is 33.9 Å². The maximum Gasteiger partial charge on any atom is 0.329 e. The fourth-order valence-electron chi connectivity index (χ4n) is 3.57. The Kier molecular flexibility index (Phi) is 3.46. The number of carboxylic acids is 1. The van der Waals surface area contributed by atoms with Gasteiger partial charge in [-0.2, -0.15) is 0 Å². The molecule has 0 radical (unpaired) electrons. The zero-order valence-electron chi connectivity index (χ0n) is 12.2. The van der Waals surface area contributed by atoms with Crippen LogP contribution in [0, 0.1) is 22.0 Å². The molecule has 122 valence electrons. The predicted molar refractivity (Wildman–Crippen MR) is 78.0 cm³/mol. The molecular weight excluding hydrogens is 304 g/mol. The third-order valence-electron chi connectivity index (χ3n) is 4.86. The summed E-state index contributed by atoms with van der Waals surface area (Å²) in [6.07, 6.45) is 2.82. The zero-order chi connectivity index (χ0) is 16.8. The van der Waals surface area contributed by atoms with E-state index in [1.165, 1.54) is 0 Å². The number of nitro benzene ring substituents is 1. The zero-order valence-corrected chi connectivity index (χ0v) is 12.2. The maximum atomic E-state index is 12.4. The Labute approximate surface area is 131 Å². The number of benzene rings is 1. The molecule has 0 bridgehead atoms. The molecule has 0 aromatic heterocycles. The molecular formula is C15H16N2O6. The highest BCUT2D eigenvalue weighted by Gasteiger charge is 2.60. The molecule has 2 fully saturated rings. The second-order valence-electron chi connectivity index (χ2n) is 6.18. The van der Waals surface area contributed by atoms with Crippen LogP contribution in [0.15, 0.2) is 18.2 Å². The topological polar surface area (TPSA) is 130 Å². The first-order valence-corrected chi connectivity index (χ1v) is 7.38. The molecule has 8 nitrogen and oxygen atoms in total. The van der Waals surface area contributed by atoms with Crippen molar-refractivity contribution in [3.8, 4) is 5.75 Å². The van der Waals surface area contributed by atoms with E-state index in [0.29, 0.717) is 12.3 Å². The lowest BCUT2D eigenvalue weighted by Crippen LogP contribution is -2.57. The number of hydrogen-bond donors (Lipinski definition) is 3. The fraction of sp³-hybridized carbons (Fsp3) is 0.467. The number of hydrogen-bond acceptors (Lipinski definition) is 5. The van der Waals surface area contributed by atoms with Gasteiger partial charge in [-0.25, -0.2) is 4.79 Å². The summed E-state index contributed by atoms with van der Waals surface area (Å²) in [5, 5.41) is 32.6. The number of nitrogens with zero attached hydrogens (tertiary/aromatic N) is 1. The minimum absolute atomic E-state index is 0.0853. The first-order valence-electron chi connectivity index (χ1n) is 7.38. The smallest absolute Gasteiger partial charge is 0.329 e. The van der Waals surface area contributed by atoms with Crippen molar-refractivity contribution in [1.29, 1.82) is 0 Å². The third kappa shape index (κ3) is 2.49. The lowest BCUT2D eigenvalue weighted by Gasteiger charge is -2.34. The first kappa shape index (κ1) is 15.3. The summed E-state index contributed by atoms with van der Waals surface area (Å²) in [4.78, 5) is 34.1. The number of non-ortho nitro benzene ring substituents is 1. The highest BCUT2D eigenvalue weighted by Crippen LogP contribution is 2.55. The molecule has 3 atom stereocenters. The Morgan fingerprint density at radius 3 is 2.74 bits per heavy atom. The summed E-state index contributed by atoms with van der Waals surface area (Å²) in [5.74, 6) is -2.10. The molecule has 3 N–H and O–H groups in total. The normalized spacial score (nSPS) is 28.5. The third-order valence-corrected chi connectivity index (χ3v) is 4.86. The van der Waals surface area contributed by atoms with Crippen LogP contribution < -0.4 is 5.32 Å². The summed E-state index contributed by atoms with van der Waals surface area (Å²) in [6, 6.07) is 3.11. The van der Waals surface area contributed by atoms with Crippen LogP contribution in [0.5, 0.6) is 5.75 Å². The van der Waals surface area contributed by atoms with E-state index < -0.39 is 28.1 Å². The van der Waals surface area contributed by atoms with Crippen LogP contribution >= 0.6 is 0 Å². The van der Waals surface area contributed by atoms with Crippen molar-refractivity contribution in [2.45, 2.75) is 31.2 Å². The van der Waals surface area contributed by atoms with Gasteiger partial charge in [0.05, 0.1) is 16.6 Å². The number of carbonyl (C=O) groups excluding carboxylic acids is 1. The molecule has 2 aliphatic carbocycles. The van der Waals surface area contributed by atoms with Crippen molar-refractivity contribution >= 4 is 17.6 Å². The van der Waals surface area contributed by atoms with Crippen molar-refractivity contribution < 1.29 is 24.7 Å². The number of carbonyl (C=O) groups is 2. The molecule has 1 aromatic rings. The number of nitrogens with one attached hydrogen (secondary N) is 1. The van der Waals surface area contributed by atoms with Gasteiger partial charge in [0, 0.05) is 6.07 Å². The molecule has 1 aromatic carbocycles. The minimum Gasteiger partial charge on any atom is -0.507 e. The van der Waals surface area contributed by atoms with E-state index in [-0.39, 0.29) is 17.2 Å². The van der Waals surface area contributed by atoms with Crippen LogP contribution in [-0.2, 0) is 4.79 Å². The number of rotatable bonds is 4. The van der Waals surface area contributed by atoms with Gasteiger partial charge in [-0.3, -0.25) is 14.9 Å². The highest BCUT2D eigenvalue weighted by atomic mass is 16.6. The summed E-state index contributed by atoms with van der Waals surface area (Å²) < 4.78 is 0. The van der Waals surface area contributed by atoms with Crippen molar-refractivity contribution in [1.82, 2.24) is 5.32 Å². The van der Waals surface area contributed by atoms with E-state index in [9.17, 15) is 29.9 Å². The number of phenols is 1. The molecule has 2 saturated carbocycles. The fourth-order valence-corrected chi connectivity index (χ4v) is 3.57. The average molecular weight is 320 g/mol. The standard InChI is InChI=1S/C15H16N2O6/c18-12-7-9(17(22)23)3-4-10(12)13(19)16-15(14(20)21)5-1-2-8-6-11(8)15/h3-4,7-8,11,18H,1-2,5-6H2,(H,16,19)(H,20,21). The van der Waals surface area contributed by atoms with E-state index in [2.05, 4.69) is 5.32 Å². The lowest BCUT2D eigenvalue weighted by atomic mass is 9.81. The number of aromatic hydroxyl groups is 1. The van der Waals surface area contributed by atoms with Crippen molar-refractivity contribution in [2.24, 2.45) is 11.8 Å². The van der Waals surface area contributed by atoms with Crippen LogP contribution in [0.2, 0.25) is 0 Å². The molecule has 3 unspecified atom stereocenters. The molecule has 3 rings (SSSR count). The molecule has 8 heteroatoms. The SMILES string of the molecule is O=C(NC1(C(=O)O)CCCC2CC21)c1ccc([N+](=O)[O-])cc1O. The Hall–Kier alpha value is -2.64. The summed E-state index contributed by atoms with van der Waals surface area (Å²) in [7, 11) is 0. The van der Waals surface area contributed by atoms with Crippen LogP contribution in [-0.4, -0.2) is 32.6 Å². The van der Waals surface area contributed by atoms with Gasteiger partial charge in [-0.15, -0.1) is 0 Å². The lowest BCUT2D eigenvalue weighted by molar-refractivity contribution is -0.384. The van der Waals surface area contributed by atoms with Gasteiger partial charge in [0.15, 0.2) is 0 Å². The van der Waals surface area contributed by atoms with E-state index in [0.717, 1.165) is 37.5 Å². The first-order chi connectivity index (χ1) is 10.8. The van der Waals surface area contributed by atoms with Gasteiger partial charge in [0.1, 0.15) is 11.3 Å². The van der Waals surface area contributed by atoms with Gasteiger partial charge >= 0.3 is 5.97 Å². The number of aliphatic carboxylic acids is 1. The summed E-state index contributed by atoms with van der Waals surface area (Å²) in [5.41, 5.74) is -1.82. The van der Waals surface area contributed by atoms with Crippen LogP contribution in [0.4, 0.5) is 5.69 Å². The minimum atomic E-state index is -1.31. The monoisotopic (exact) mass is 320 g/mol. The number of fused-ring (bicyclic) bond motifs is 1. The Morgan fingerprint density at radius 1 is 1.39 bits per heavy atom. The highest BCUT2D eigenvalue weighted by molar-refractivity contribution is 6.00. The van der Waals surface area contributed by atoms with E-state index >= 15 is 0 Å². The molecule has 2 aliphatic rings. The van der Waals surface area contributed by atoms with E-state index in [1.54, 1.807) is 0 Å². The Bertz CT molecular complexity index is 703. The number of amides is 1. The van der Waals surface area contributed by atoms with Gasteiger partial charge in [-0.1, -0.05) is 6.42 Å². The van der Waals surface area contributed by atoms with E-state index in [4.69, 9.17) is 0 Å². The molecule has 0 spiro atoms. The second-order valence-corrected chi connectivity index (χ2v) is 6.18. The maximum absolute atomic E-state index is 12.4. The van der Waals surface area contributed by atoms with Gasteiger partial charge < -0.3 is 15.5 Å². The van der Waals surface area contributed by atoms with Crippen LogP contribution in [0.25, 0.3) is 0 Å². The molecule has 0 aliphatic heterocycles. The van der Waals surface area contributed by atoms with Gasteiger partial charge in [0.25, 0.3) is 11.6 Å². The number of nitro groups is 1. The molecule has 0 saturated heterocycles. The summed E-state index contributed by atoms with van der Waals surface area (Å²) in [6.45, 7) is 0. The number of carboxylic acid groups (broad SMARTS) is 1. The van der Waals surface area contributed by atoms with Crippen molar-refractivity contribution in [2.75, 3.05) is 0 Å². The molecule has 23 heavy (non-hydrogen) atoms.